The molecule has 1 amide bonds. The summed E-state index contributed by atoms with van der Waals surface area (Å²) in [7, 11) is 0. The Balaban J connectivity index is 2.15. The number of carbonyl (C=O) groups excluding carboxylic acids is 1. The van der Waals surface area contributed by atoms with Crippen LogP contribution in [0.3, 0.4) is 0 Å². The minimum atomic E-state index is -0.124. The minimum absolute atomic E-state index is 0.124. The van der Waals surface area contributed by atoms with E-state index in [9.17, 15) is 4.79 Å². The molecule has 1 heterocycles. The summed E-state index contributed by atoms with van der Waals surface area (Å²) < 4.78 is 0. The number of H-pyrrole nitrogens is 1. The Bertz CT molecular complexity index is 605. The number of amides is 1. The Labute approximate surface area is 125 Å². The summed E-state index contributed by atoms with van der Waals surface area (Å²) in [5, 5.41) is 10.9. The lowest BCUT2D eigenvalue weighted by Gasteiger charge is -2.17. The molecule has 4 N–H and O–H groups in total. The van der Waals surface area contributed by atoms with E-state index in [4.69, 9.17) is 5.73 Å². The maximum Gasteiger partial charge on any atom is 0.272 e. The second-order valence-electron chi connectivity index (χ2n) is 5.48. The summed E-state index contributed by atoms with van der Waals surface area (Å²) in [4.78, 5) is 12.4. The number of aromatic nitrogens is 2. The third kappa shape index (κ3) is 3.74. The van der Waals surface area contributed by atoms with Crippen LogP contribution in [0.2, 0.25) is 0 Å². The number of nitrogens with two attached hydrogens (primary N) is 1. The number of nitrogens with zero attached hydrogens (tertiary/aromatic N) is 1. The van der Waals surface area contributed by atoms with Gasteiger partial charge in [-0.3, -0.25) is 9.89 Å². The van der Waals surface area contributed by atoms with Gasteiger partial charge >= 0.3 is 0 Å². The molecule has 0 aliphatic carbocycles. The molecule has 1 atom stereocenters. The average Bonchev–Trinajstić information content (AvgIpc) is 2.88. The van der Waals surface area contributed by atoms with Gasteiger partial charge in [0.2, 0.25) is 0 Å². The Kier molecular flexibility index (Phi) is 5.20. The van der Waals surface area contributed by atoms with Gasteiger partial charge in [0.05, 0.1) is 5.52 Å². The fourth-order valence-electron chi connectivity index (χ4n) is 2.55. The van der Waals surface area contributed by atoms with Crippen molar-refractivity contribution in [1.82, 2.24) is 15.5 Å². The summed E-state index contributed by atoms with van der Waals surface area (Å²) in [6.45, 7) is 4.30. The first-order valence-electron chi connectivity index (χ1n) is 7.70. The highest BCUT2D eigenvalue weighted by atomic mass is 16.2. The quantitative estimate of drug-likeness (QED) is 0.684. The van der Waals surface area contributed by atoms with Crippen molar-refractivity contribution in [1.29, 1.82) is 0 Å². The van der Waals surface area contributed by atoms with Gasteiger partial charge in [0, 0.05) is 17.1 Å². The first-order valence-corrected chi connectivity index (χ1v) is 7.70. The zero-order valence-corrected chi connectivity index (χ0v) is 12.8. The molecule has 114 valence electrons. The lowest BCUT2D eigenvalue weighted by atomic mass is 10.0. The molecule has 0 saturated carbocycles. The molecular weight excluding hydrogens is 264 g/mol. The van der Waals surface area contributed by atoms with Crippen LogP contribution in [0.5, 0.6) is 0 Å². The number of hydrogen-bond acceptors (Lipinski definition) is 3. The second kappa shape index (κ2) is 7.11. The zero-order chi connectivity index (χ0) is 15.2. The number of nitrogen functional groups attached to an aromatic ring is 1. The largest absolute Gasteiger partial charge is 0.399 e. The number of rotatable bonds is 7. The minimum Gasteiger partial charge on any atom is -0.399 e. The van der Waals surface area contributed by atoms with Crippen LogP contribution in [0.15, 0.2) is 18.2 Å². The molecule has 0 saturated heterocycles. The number of carbonyl (C=O) groups is 1. The van der Waals surface area contributed by atoms with E-state index in [0.717, 1.165) is 43.0 Å². The molecular formula is C16H24N4O. The van der Waals surface area contributed by atoms with Crippen LogP contribution in [0, 0.1) is 0 Å². The molecule has 1 aromatic heterocycles. The molecule has 0 aliphatic rings. The first-order chi connectivity index (χ1) is 10.2. The van der Waals surface area contributed by atoms with Crippen molar-refractivity contribution in [2.24, 2.45) is 0 Å². The van der Waals surface area contributed by atoms with Gasteiger partial charge in [-0.05, 0) is 31.0 Å². The summed E-state index contributed by atoms with van der Waals surface area (Å²) in [5.41, 5.74) is 7.68. The molecule has 0 aliphatic heterocycles. The highest BCUT2D eigenvalue weighted by Gasteiger charge is 2.17. The van der Waals surface area contributed by atoms with Crippen molar-refractivity contribution in [3.63, 3.8) is 0 Å². The van der Waals surface area contributed by atoms with E-state index >= 15 is 0 Å². The van der Waals surface area contributed by atoms with Crippen molar-refractivity contribution >= 4 is 22.5 Å². The van der Waals surface area contributed by atoms with Gasteiger partial charge in [-0.15, -0.1) is 0 Å². The molecule has 5 nitrogen and oxygen atoms in total. The maximum absolute atomic E-state index is 12.4. The lowest BCUT2D eigenvalue weighted by Crippen LogP contribution is -2.35. The standard InChI is InChI=1S/C16H24N4O/c1-3-5-7-12(6-4-2)18-16(21)15-13-10-11(17)8-9-14(13)19-20-15/h8-10,12H,3-7,17H2,1-2H3,(H,18,21)(H,19,20). The Morgan fingerprint density at radius 2 is 2.14 bits per heavy atom. The van der Waals surface area contributed by atoms with Gasteiger partial charge in [-0.2, -0.15) is 5.10 Å². The summed E-state index contributed by atoms with van der Waals surface area (Å²) in [5.74, 6) is -0.124. The van der Waals surface area contributed by atoms with Crippen molar-refractivity contribution in [2.45, 2.75) is 52.0 Å². The number of fused-ring (bicyclic) bond motifs is 1. The molecule has 0 spiro atoms. The van der Waals surface area contributed by atoms with Crippen LogP contribution in [0.25, 0.3) is 10.9 Å². The summed E-state index contributed by atoms with van der Waals surface area (Å²) >= 11 is 0. The van der Waals surface area contributed by atoms with Gasteiger partial charge in [0.25, 0.3) is 5.91 Å². The molecule has 1 unspecified atom stereocenters. The van der Waals surface area contributed by atoms with Crippen LogP contribution in [0.1, 0.15) is 56.4 Å². The summed E-state index contributed by atoms with van der Waals surface area (Å²) in [6.07, 6.45) is 5.33. The number of aromatic amines is 1. The van der Waals surface area contributed by atoms with E-state index in [0.29, 0.717) is 11.4 Å². The average molecular weight is 288 g/mol. The molecule has 0 bridgehead atoms. The Morgan fingerprint density at radius 1 is 1.33 bits per heavy atom. The number of unbranched alkanes of at least 4 members (excludes halogenated alkanes) is 1. The highest BCUT2D eigenvalue weighted by molar-refractivity contribution is 6.05. The number of hydrogen-bond donors (Lipinski definition) is 3. The smallest absolute Gasteiger partial charge is 0.272 e. The number of nitrogens with one attached hydrogen (secondary N) is 2. The third-order valence-corrected chi connectivity index (χ3v) is 3.68. The number of benzene rings is 1. The molecule has 21 heavy (non-hydrogen) atoms. The van der Waals surface area contributed by atoms with E-state index in [1.807, 2.05) is 6.07 Å². The molecule has 0 fully saturated rings. The van der Waals surface area contributed by atoms with Gasteiger partial charge < -0.3 is 11.1 Å². The van der Waals surface area contributed by atoms with Crippen molar-refractivity contribution < 1.29 is 4.79 Å². The molecule has 2 rings (SSSR count). The second-order valence-corrected chi connectivity index (χ2v) is 5.48. The zero-order valence-electron chi connectivity index (χ0n) is 12.8. The van der Waals surface area contributed by atoms with Crippen molar-refractivity contribution in [3.8, 4) is 0 Å². The topological polar surface area (TPSA) is 83.8 Å². The van der Waals surface area contributed by atoms with Gasteiger partial charge in [0.1, 0.15) is 0 Å². The van der Waals surface area contributed by atoms with E-state index in [1.165, 1.54) is 0 Å². The lowest BCUT2D eigenvalue weighted by molar-refractivity contribution is 0.0928. The highest BCUT2D eigenvalue weighted by Crippen LogP contribution is 2.19. The third-order valence-electron chi connectivity index (χ3n) is 3.68. The van der Waals surface area contributed by atoms with Gasteiger partial charge in [-0.25, -0.2) is 0 Å². The van der Waals surface area contributed by atoms with E-state index in [-0.39, 0.29) is 11.9 Å². The van der Waals surface area contributed by atoms with Gasteiger partial charge in [-0.1, -0.05) is 33.1 Å². The normalized spacial score (nSPS) is 12.5. The molecule has 1 aromatic carbocycles. The molecule has 2 aromatic rings. The monoisotopic (exact) mass is 288 g/mol. The van der Waals surface area contributed by atoms with Crippen LogP contribution in [0.4, 0.5) is 5.69 Å². The Morgan fingerprint density at radius 3 is 2.86 bits per heavy atom. The van der Waals surface area contributed by atoms with Gasteiger partial charge in [0.15, 0.2) is 5.69 Å². The van der Waals surface area contributed by atoms with E-state index in [1.54, 1.807) is 12.1 Å². The van der Waals surface area contributed by atoms with Crippen LogP contribution in [-0.2, 0) is 0 Å². The predicted octanol–water partition coefficient (Wildman–Crippen LogP) is 3.23. The SMILES string of the molecule is CCCCC(CCC)NC(=O)c1n[nH]c2ccc(N)cc12. The maximum atomic E-state index is 12.4. The van der Waals surface area contributed by atoms with E-state index in [2.05, 4.69) is 29.4 Å². The number of anilines is 1. The Hall–Kier alpha value is -2.04. The first kappa shape index (κ1) is 15.4. The molecule has 0 radical (unpaired) electrons. The fraction of sp³-hybridized carbons (Fsp3) is 0.500. The summed E-state index contributed by atoms with van der Waals surface area (Å²) in [6, 6.07) is 5.64. The van der Waals surface area contributed by atoms with Crippen molar-refractivity contribution in [2.75, 3.05) is 5.73 Å². The fourth-order valence-corrected chi connectivity index (χ4v) is 2.55. The van der Waals surface area contributed by atoms with Crippen LogP contribution >= 0.6 is 0 Å². The van der Waals surface area contributed by atoms with Crippen LogP contribution < -0.4 is 11.1 Å². The predicted molar refractivity (Wildman–Crippen MR) is 86.2 cm³/mol. The van der Waals surface area contributed by atoms with E-state index < -0.39 is 0 Å². The molecule has 5 heteroatoms. The van der Waals surface area contributed by atoms with Crippen LogP contribution in [-0.4, -0.2) is 22.1 Å². The van der Waals surface area contributed by atoms with Crippen molar-refractivity contribution in [3.05, 3.63) is 23.9 Å².